The number of piperidine rings is 1. The zero-order valence-corrected chi connectivity index (χ0v) is 15.3. The SMILES string of the molecule is OC1(c2ccc(-c3sccc3Br)cc2)CN2CCCCC2CO1. The molecule has 122 valence electrons. The van der Waals surface area contributed by atoms with Crippen LogP contribution in [-0.2, 0) is 10.5 Å². The third-order valence-corrected chi connectivity index (χ3v) is 6.78. The second-order valence-corrected chi connectivity index (χ2v) is 8.16. The summed E-state index contributed by atoms with van der Waals surface area (Å²) < 4.78 is 6.99. The van der Waals surface area contributed by atoms with Crippen molar-refractivity contribution in [1.82, 2.24) is 4.90 Å². The van der Waals surface area contributed by atoms with Crippen LogP contribution in [0.4, 0.5) is 0 Å². The topological polar surface area (TPSA) is 32.7 Å². The van der Waals surface area contributed by atoms with Gasteiger partial charge in [-0.05, 0) is 52.3 Å². The van der Waals surface area contributed by atoms with E-state index < -0.39 is 5.79 Å². The van der Waals surface area contributed by atoms with E-state index in [9.17, 15) is 5.11 Å². The number of morpholine rings is 1. The third-order valence-electron chi connectivity index (χ3n) is 4.90. The van der Waals surface area contributed by atoms with E-state index in [1.807, 2.05) is 12.1 Å². The Bertz CT molecular complexity index is 687. The van der Waals surface area contributed by atoms with Gasteiger partial charge in [0.25, 0.3) is 0 Å². The van der Waals surface area contributed by atoms with Gasteiger partial charge in [0.15, 0.2) is 0 Å². The molecule has 2 aromatic rings. The van der Waals surface area contributed by atoms with Crippen molar-refractivity contribution in [1.29, 1.82) is 0 Å². The highest BCUT2D eigenvalue weighted by Crippen LogP contribution is 2.36. The highest BCUT2D eigenvalue weighted by molar-refractivity contribution is 9.10. The summed E-state index contributed by atoms with van der Waals surface area (Å²) in [6.45, 7) is 2.25. The highest BCUT2D eigenvalue weighted by Gasteiger charge is 2.41. The van der Waals surface area contributed by atoms with E-state index in [-0.39, 0.29) is 0 Å². The summed E-state index contributed by atoms with van der Waals surface area (Å²) in [5.74, 6) is -1.18. The number of aliphatic hydroxyl groups is 1. The van der Waals surface area contributed by atoms with Crippen molar-refractivity contribution in [3.8, 4) is 10.4 Å². The molecule has 0 radical (unpaired) electrons. The van der Waals surface area contributed by atoms with E-state index >= 15 is 0 Å². The molecule has 4 rings (SSSR count). The fourth-order valence-corrected chi connectivity index (χ4v) is 5.18. The van der Waals surface area contributed by atoms with Crippen LogP contribution in [0.1, 0.15) is 24.8 Å². The molecule has 5 heteroatoms. The Morgan fingerprint density at radius 3 is 2.78 bits per heavy atom. The van der Waals surface area contributed by atoms with E-state index in [0.717, 1.165) is 22.1 Å². The van der Waals surface area contributed by atoms with Crippen molar-refractivity contribution in [2.24, 2.45) is 0 Å². The molecule has 0 saturated carbocycles. The third kappa shape index (κ3) is 3.01. The molecule has 2 atom stereocenters. The zero-order chi connectivity index (χ0) is 15.9. The Morgan fingerprint density at radius 1 is 1.22 bits per heavy atom. The molecule has 1 N–H and O–H groups in total. The molecule has 2 aliphatic rings. The lowest BCUT2D eigenvalue weighted by molar-refractivity contribution is -0.264. The molecule has 2 aliphatic heterocycles. The van der Waals surface area contributed by atoms with Gasteiger partial charge < -0.3 is 9.84 Å². The van der Waals surface area contributed by atoms with Gasteiger partial charge in [0.05, 0.1) is 13.2 Å². The van der Waals surface area contributed by atoms with Crippen molar-refractivity contribution >= 4 is 27.3 Å². The predicted molar refractivity (Wildman–Crippen MR) is 96.5 cm³/mol. The minimum absolute atomic E-state index is 0.477. The maximum atomic E-state index is 11.0. The largest absolute Gasteiger partial charge is 0.361 e. The van der Waals surface area contributed by atoms with Crippen molar-refractivity contribution < 1.29 is 9.84 Å². The number of fused-ring (bicyclic) bond motifs is 1. The highest BCUT2D eigenvalue weighted by atomic mass is 79.9. The molecule has 0 spiro atoms. The first kappa shape index (κ1) is 15.8. The fraction of sp³-hybridized carbons (Fsp3) is 0.444. The maximum absolute atomic E-state index is 11.0. The van der Waals surface area contributed by atoms with Gasteiger partial charge in [-0.3, -0.25) is 4.90 Å². The minimum atomic E-state index is -1.18. The van der Waals surface area contributed by atoms with Crippen LogP contribution < -0.4 is 0 Å². The van der Waals surface area contributed by atoms with Crippen LogP contribution in [0.3, 0.4) is 0 Å². The van der Waals surface area contributed by atoms with Crippen LogP contribution in [0, 0.1) is 0 Å². The number of rotatable bonds is 2. The number of benzene rings is 1. The van der Waals surface area contributed by atoms with Gasteiger partial charge in [0, 0.05) is 21.0 Å². The number of ether oxygens (including phenoxy) is 1. The Labute approximate surface area is 149 Å². The molecule has 0 bridgehead atoms. The van der Waals surface area contributed by atoms with Crippen LogP contribution in [0.25, 0.3) is 10.4 Å². The second kappa shape index (κ2) is 6.30. The van der Waals surface area contributed by atoms with E-state index in [2.05, 4.69) is 44.4 Å². The summed E-state index contributed by atoms with van der Waals surface area (Å²) in [5, 5.41) is 13.1. The smallest absolute Gasteiger partial charge is 0.205 e. The first-order chi connectivity index (χ1) is 11.2. The Balaban J connectivity index is 1.56. The normalized spacial score (nSPS) is 28.5. The van der Waals surface area contributed by atoms with Crippen molar-refractivity contribution in [3.63, 3.8) is 0 Å². The summed E-state index contributed by atoms with van der Waals surface area (Å²) in [6, 6.07) is 10.6. The van der Waals surface area contributed by atoms with Crippen LogP contribution in [-0.4, -0.2) is 35.7 Å². The van der Waals surface area contributed by atoms with Crippen LogP contribution >= 0.6 is 27.3 Å². The molecule has 23 heavy (non-hydrogen) atoms. The van der Waals surface area contributed by atoms with Gasteiger partial charge in [0.1, 0.15) is 0 Å². The molecule has 2 saturated heterocycles. The monoisotopic (exact) mass is 393 g/mol. The Hall–Kier alpha value is -0.720. The van der Waals surface area contributed by atoms with Gasteiger partial charge in [-0.2, -0.15) is 0 Å². The van der Waals surface area contributed by atoms with Crippen LogP contribution in [0.2, 0.25) is 0 Å². The number of hydrogen-bond donors (Lipinski definition) is 1. The summed E-state index contributed by atoms with van der Waals surface area (Å²) in [6.07, 6.45) is 3.67. The Kier molecular flexibility index (Phi) is 4.32. The molecular weight excluding hydrogens is 374 g/mol. The molecule has 0 amide bonds. The fourth-order valence-electron chi connectivity index (χ4n) is 3.57. The lowest BCUT2D eigenvalue weighted by Crippen LogP contribution is -2.56. The molecule has 0 aliphatic carbocycles. The lowest BCUT2D eigenvalue weighted by atomic mass is 9.96. The standard InChI is InChI=1S/C18H20BrNO2S/c19-16-8-10-23-17(16)13-4-6-14(7-5-13)18(21)12-20-9-2-1-3-15(20)11-22-18/h4-8,10,15,21H,1-3,9,11-12H2. The van der Waals surface area contributed by atoms with Gasteiger partial charge in [-0.1, -0.05) is 30.7 Å². The first-order valence-corrected chi connectivity index (χ1v) is 9.77. The summed E-state index contributed by atoms with van der Waals surface area (Å²) in [5.41, 5.74) is 2.00. The van der Waals surface area contributed by atoms with Gasteiger partial charge in [-0.25, -0.2) is 0 Å². The van der Waals surface area contributed by atoms with Gasteiger partial charge >= 0.3 is 0 Å². The summed E-state index contributed by atoms with van der Waals surface area (Å²) in [7, 11) is 0. The van der Waals surface area contributed by atoms with E-state index in [1.165, 1.54) is 24.1 Å². The van der Waals surface area contributed by atoms with E-state index in [0.29, 0.717) is 19.2 Å². The summed E-state index contributed by atoms with van der Waals surface area (Å²) in [4.78, 5) is 3.60. The van der Waals surface area contributed by atoms with E-state index in [1.54, 1.807) is 11.3 Å². The van der Waals surface area contributed by atoms with Gasteiger partial charge in [-0.15, -0.1) is 11.3 Å². The Morgan fingerprint density at radius 2 is 2.04 bits per heavy atom. The van der Waals surface area contributed by atoms with Crippen molar-refractivity contribution in [3.05, 3.63) is 45.7 Å². The molecule has 1 aromatic heterocycles. The number of halogens is 1. The molecule has 2 fully saturated rings. The second-order valence-electron chi connectivity index (χ2n) is 6.39. The quantitative estimate of drug-likeness (QED) is 0.829. The molecular formula is C18H20BrNO2S. The van der Waals surface area contributed by atoms with Gasteiger partial charge in [0.2, 0.25) is 5.79 Å². The number of hydrogen-bond acceptors (Lipinski definition) is 4. The van der Waals surface area contributed by atoms with Crippen molar-refractivity contribution in [2.75, 3.05) is 19.7 Å². The minimum Gasteiger partial charge on any atom is -0.361 e. The average Bonchev–Trinajstić information content (AvgIpc) is 3.01. The van der Waals surface area contributed by atoms with E-state index in [4.69, 9.17) is 4.74 Å². The zero-order valence-electron chi connectivity index (χ0n) is 12.9. The predicted octanol–water partition coefficient (Wildman–Crippen LogP) is 4.21. The number of nitrogens with zero attached hydrogens (tertiary/aromatic N) is 1. The number of thiophene rings is 1. The summed E-state index contributed by atoms with van der Waals surface area (Å²) >= 11 is 5.29. The first-order valence-electron chi connectivity index (χ1n) is 8.10. The average molecular weight is 394 g/mol. The molecule has 3 nitrogen and oxygen atoms in total. The maximum Gasteiger partial charge on any atom is 0.205 e. The van der Waals surface area contributed by atoms with Crippen LogP contribution in [0.15, 0.2) is 40.2 Å². The van der Waals surface area contributed by atoms with Crippen molar-refractivity contribution in [2.45, 2.75) is 31.1 Å². The molecule has 1 aromatic carbocycles. The lowest BCUT2D eigenvalue weighted by Gasteiger charge is -2.46. The molecule has 2 unspecified atom stereocenters. The molecule has 3 heterocycles. The van der Waals surface area contributed by atoms with Crippen LogP contribution in [0.5, 0.6) is 0 Å².